The summed E-state index contributed by atoms with van der Waals surface area (Å²) < 4.78 is 0. The Balaban J connectivity index is 1.78. The van der Waals surface area contributed by atoms with Crippen LogP contribution in [0.1, 0.15) is 32.9 Å². The molecule has 0 spiro atoms. The highest BCUT2D eigenvalue weighted by molar-refractivity contribution is 7.12. The van der Waals surface area contributed by atoms with E-state index in [9.17, 15) is 14.7 Å². The van der Waals surface area contributed by atoms with Crippen molar-refractivity contribution in [1.82, 2.24) is 9.80 Å². The average Bonchev–Trinajstić information content (AvgIpc) is 3.41. The highest BCUT2D eigenvalue weighted by Crippen LogP contribution is 2.41. The van der Waals surface area contributed by atoms with Crippen LogP contribution in [0.25, 0.3) is 0 Å². The number of carbonyl (C=O) groups is 2. The number of ketones is 1. The zero-order chi connectivity index (χ0) is 22.8. The van der Waals surface area contributed by atoms with Gasteiger partial charge in [0.25, 0.3) is 5.91 Å². The number of hydrogen-bond donors (Lipinski definition) is 1. The number of hydrogen-bond acceptors (Lipinski definition) is 5. The largest absolute Gasteiger partial charge is 0.503 e. The first kappa shape index (κ1) is 22.3. The SMILES string of the molecule is CN(C)[C@@H](CN1C(=O)C(O)=C(C(=O)c2cccs2)[C@@H]1c1ccc(Cl)cc1)c1ccccc1. The summed E-state index contributed by atoms with van der Waals surface area (Å²) >= 11 is 7.37. The van der Waals surface area contributed by atoms with Crippen LogP contribution in [0.15, 0.2) is 83.4 Å². The lowest BCUT2D eigenvalue weighted by Gasteiger charge is -2.33. The van der Waals surface area contributed by atoms with Crippen molar-refractivity contribution in [2.75, 3.05) is 20.6 Å². The second-order valence-electron chi connectivity index (χ2n) is 7.87. The lowest BCUT2D eigenvalue weighted by molar-refractivity contribution is -0.130. The standard InChI is InChI=1S/C25H23ClN2O3S/c1-27(2)19(16-7-4-3-5-8-16)15-28-22(17-10-12-18(26)13-11-17)21(24(30)25(28)31)23(29)20-9-6-14-32-20/h3-14,19,22,30H,15H2,1-2H3/t19-,22-/m0/s1. The maximum atomic E-state index is 13.3. The second-order valence-corrected chi connectivity index (χ2v) is 9.25. The first-order valence-electron chi connectivity index (χ1n) is 10.2. The number of likely N-dealkylation sites (N-methyl/N-ethyl adjacent to an activating group) is 1. The Bertz CT molecular complexity index is 1140. The first-order valence-corrected chi connectivity index (χ1v) is 11.4. The molecule has 1 amide bonds. The summed E-state index contributed by atoms with van der Waals surface area (Å²) in [4.78, 5) is 30.7. The van der Waals surface area contributed by atoms with Crippen LogP contribution in [-0.2, 0) is 4.79 Å². The van der Waals surface area contributed by atoms with Gasteiger partial charge in [-0.15, -0.1) is 11.3 Å². The molecule has 1 aliphatic heterocycles. The highest BCUT2D eigenvalue weighted by Gasteiger charge is 2.44. The number of aliphatic hydroxyl groups is 1. The monoisotopic (exact) mass is 466 g/mol. The van der Waals surface area contributed by atoms with Crippen molar-refractivity contribution in [3.05, 3.63) is 104 Å². The molecule has 3 aromatic rings. The quantitative estimate of drug-likeness (QED) is 0.481. The van der Waals surface area contributed by atoms with Crippen LogP contribution in [0.5, 0.6) is 0 Å². The van der Waals surface area contributed by atoms with Crippen LogP contribution in [0.3, 0.4) is 0 Å². The van der Waals surface area contributed by atoms with Gasteiger partial charge in [0, 0.05) is 11.6 Å². The van der Waals surface area contributed by atoms with Gasteiger partial charge in [0.15, 0.2) is 5.76 Å². The van der Waals surface area contributed by atoms with Crippen molar-refractivity contribution in [2.24, 2.45) is 0 Å². The van der Waals surface area contributed by atoms with Gasteiger partial charge in [-0.1, -0.05) is 60.1 Å². The van der Waals surface area contributed by atoms with Crippen molar-refractivity contribution < 1.29 is 14.7 Å². The molecule has 0 fully saturated rings. The Labute approximate surface area is 196 Å². The molecule has 0 radical (unpaired) electrons. The van der Waals surface area contributed by atoms with E-state index in [-0.39, 0.29) is 17.4 Å². The van der Waals surface area contributed by atoms with Crippen molar-refractivity contribution in [3.8, 4) is 0 Å². The van der Waals surface area contributed by atoms with Crippen LogP contribution < -0.4 is 0 Å². The molecule has 0 aliphatic carbocycles. The zero-order valence-electron chi connectivity index (χ0n) is 17.7. The molecular formula is C25H23ClN2O3S. The molecular weight excluding hydrogens is 444 g/mol. The molecule has 2 atom stereocenters. The van der Waals surface area contributed by atoms with E-state index in [2.05, 4.69) is 0 Å². The molecule has 1 aliphatic rings. The molecule has 0 bridgehead atoms. The maximum absolute atomic E-state index is 13.3. The van der Waals surface area contributed by atoms with Gasteiger partial charge in [-0.2, -0.15) is 0 Å². The summed E-state index contributed by atoms with van der Waals surface area (Å²) in [6, 6.07) is 19.5. The Hall–Kier alpha value is -2.93. The van der Waals surface area contributed by atoms with E-state index >= 15 is 0 Å². The lowest BCUT2D eigenvalue weighted by atomic mass is 9.95. The van der Waals surface area contributed by atoms with Gasteiger partial charge in [0.2, 0.25) is 5.78 Å². The molecule has 7 heteroatoms. The molecule has 2 heterocycles. The molecule has 164 valence electrons. The van der Waals surface area contributed by atoms with Crippen LogP contribution >= 0.6 is 22.9 Å². The van der Waals surface area contributed by atoms with Gasteiger partial charge in [0.1, 0.15) is 0 Å². The molecule has 0 saturated carbocycles. The number of halogens is 1. The molecule has 5 nitrogen and oxygen atoms in total. The number of carbonyl (C=O) groups excluding carboxylic acids is 2. The van der Waals surface area contributed by atoms with E-state index < -0.39 is 17.7 Å². The van der Waals surface area contributed by atoms with Crippen molar-refractivity contribution in [2.45, 2.75) is 12.1 Å². The number of thiophene rings is 1. The summed E-state index contributed by atoms with van der Waals surface area (Å²) in [6.45, 7) is 0.300. The Morgan fingerprint density at radius 2 is 1.78 bits per heavy atom. The summed E-state index contributed by atoms with van der Waals surface area (Å²) in [5, 5.41) is 13.2. The van der Waals surface area contributed by atoms with Crippen molar-refractivity contribution >= 4 is 34.6 Å². The lowest BCUT2D eigenvalue weighted by Crippen LogP contribution is -2.38. The molecule has 1 N–H and O–H groups in total. The van der Waals surface area contributed by atoms with Crippen LogP contribution in [0.4, 0.5) is 0 Å². The molecule has 4 rings (SSSR count). The van der Waals surface area contributed by atoms with Crippen LogP contribution in [-0.4, -0.2) is 47.2 Å². The fourth-order valence-electron chi connectivity index (χ4n) is 4.03. The van der Waals surface area contributed by atoms with E-state index in [1.165, 1.54) is 11.3 Å². The highest BCUT2D eigenvalue weighted by atomic mass is 35.5. The summed E-state index contributed by atoms with van der Waals surface area (Å²) in [6.07, 6.45) is 0. The van der Waals surface area contributed by atoms with E-state index in [0.717, 1.165) is 11.1 Å². The van der Waals surface area contributed by atoms with Crippen LogP contribution in [0, 0.1) is 0 Å². The van der Waals surface area contributed by atoms with E-state index in [1.54, 1.807) is 46.7 Å². The number of Topliss-reactive ketones (excluding diaryl/α,β-unsaturated/α-hetero) is 1. The minimum Gasteiger partial charge on any atom is -0.503 e. The van der Waals surface area contributed by atoms with Crippen molar-refractivity contribution in [1.29, 1.82) is 0 Å². The third kappa shape index (κ3) is 4.21. The first-order chi connectivity index (χ1) is 15.4. The number of rotatable bonds is 7. The predicted molar refractivity (Wildman–Crippen MR) is 127 cm³/mol. The normalized spacial score (nSPS) is 17.3. The fourth-order valence-corrected chi connectivity index (χ4v) is 4.84. The number of amides is 1. The third-order valence-corrected chi connectivity index (χ3v) is 6.78. The Morgan fingerprint density at radius 3 is 2.38 bits per heavy atom. The topological polar surface area (TPSA) is 60.9 Å². The predicted octanol–water partition coefficient (Wildman–Crippen LogP) is 5.28. The second kappa shape index (κ2) is 9.28. The van der Waals surface area contributed by atoms with Gasteiger partial charge in [-0.25, -0.2) is 0 Å². The van der Waals surface area contributed by atoms with E-state index in [4.69, 9.17) is 11.6 Å². The fraction of sp³-hybridized carbons (Fsp3) is 0.200. The summed E-state index contributed by atoms with van der Waals surface area (Å²) in [5.41, 5.74) is 1.86. The van der Waals surface area contributed by atoms with Gasteiger partial charge in [0.05, 0.1) is 22.5 Å². The summed E-state index contributed by atoms with van der Waals surface area (Å²) in [7, 11) is 3.89. The molecule has 1 aromatic heterocycles. The maximum Gasteiger partial charge on any atom is 0.290 e. The number of nitrogens with zero attached hydrogens (tertiary/aromatic N) is 2. The zero-order valence-corrected chi connectivity index (χ0v) is 19.3. The van der Waals surface area contributed by atoms with Crippen LogP contribution in [0.2, 0.25) is 5.02 Å². The Morgan fingerprint density at radius 1 is 1.09 bits per heavy atom. The van der Waals surface area contributed by atoms with Gasteiger partial charge in [-0.3, -0.25) is 9.59 Å². The number of aliphatic hydroxyl groups excluding tert-OH is 1. The average molecular weight is 467 g/mol. The minimum atomic E-state index is -0.708. The molecule has 2 aromatic carbocycles. The molecule has 32 heavy (non-hydrogen) atoms. The van der Waals surface area contributed by atoms with Crippen molar-refractivity contribution in [3.63, 3.8) is 0 Å². The summed E-state index contributed by atoms with van der Waals surface area (Å²) in [5.74, 6) is -1.38. The van der Waals surface area contributed by atoms with Gasteiger partial charge in [-0.05, 0) is 48.8 Å². The van der Waals surface area contributed by atoms with E-state index in [1.807, 2.05) is 49.3 Å². The van der Waals surface area contributed by atoms with Gasteiger partial charge < -0.3 is 14.9 Å². The smallest absolute Gasteiger partial charge is 0.290 e. The van der Waals surface area contributed by atoms with E-state index in [0.29, 0.717) is 16.4 Å². The minimum absolute atomic E-state index is 0.102. The molecule has 0 saturated heterocycles. The third-order valence-electron chi connectivity index (χ3n) is 5.66. The number of benzene rings is 2. The molecule has 0 unspecified atom stereocenters. The Kier molecular flexibility index (Phi) is 6.46. The van der Waals surface area contributed by atoms with Gasteiger partial charge >= 0.3 is 0 Å².